The summed E-state index contributed by atoms with van der Waals surface area (Å²) in [4.78, 5) is 33.5. The minimum Gasteiger partial charge on any atom is -0.458 e. The summed E-state index contributed by atoms with van der Waals surface area (Å²) in [6.45, 7) is 6.70. The third kappa shape index (κ3) is 5.78. The summed E-state index contributed by atoms with van der Waals surface area (Å²) >= 11 is 0. The molecule has 22 heavy (non-hydrogen) atoms. The van der Waals surface area contributed by atoms with E-state index in [9.17, 15) is 19.7 Å². The molecule has 1 atom stereocenters. The predicted octanol–water partition coefficient (Wildman–Crippen LogP) is 2.45. The van der Waals surface area contributed by atoms with E-state index < -0.39 is 28.6 Å². The molecule has 2 amide bonds. The molecule has 8 heteroatoms. The molecule has 0 radical (unpaired) electrons. The van der Waals surface area contributed by atoms with Crippen LogP contribution in [0.1, 0.15) is 27.7 Å². The van der Waals surface area contributed by atoms with E-state index in [1.807, 2.05) is 0 Å². The number of carbonyl (C=O) groups excluding carboxylic acids is 2. The number of benzene rings is 1. The minimum absolute atomic E-state index is 0.0759. The van der Waals surface area contributed by atoms with Gasteiger partial charge in [0.25, 0.3) is 5.69 Å². The molecule has 0 aliphatic heterocycles. The molecule has 0 aliphatic carbocycles. The lowest BCUT2D eigenvalue weighted by Gasteiger charge is -2.22. The highest BCUT2D eigenvalue weighted by Gasteiger charge is 2.23. The molecule has 0 unspecified atom stereocenters. The van der Waals surface area contributed by atoms with Gasteiger partial charge in [-0.05, 0) is 39.8 Å². The topological polar surface area (TPSA) is 111 Å². The number of carbonyl (C=O) groups is 2. The predicted molar refractivity (Wildman–Crippen MR) is 80.6 cm³/mol. The Morgan fingerprint density at radius 3 is 2.23 bits per heavy atom. The fourth-order valence-corrected chi connectivity index (χ4v) is 1.48. The number of nitro groups is 1. The molecule has 1 aromatic rings. The monoisotopic (exact) mass is 309 g/mol. The summed E-state index contributed by atoms with van der Waals surface area (Å²) in [5.74, 6) is -0.550. The van der Waals surface area contributed by atoms with Gasteiger partial charge in [-0.3, -0.25) is 10.1 Å². The first-order valence-corrected chi connectivity index (χ1v) is 6.63. The quantitative estimate of drug-likeness (QED) is 0.504. The molecule has 0 fully saturated rings. The van der Waals surface area contributed by atoms with Gasteiger partial charge in [0.05, 0.1) is 4.92 Å². The molecule has 0 aromatic heterocycles. The second-order valence-corrected chi connectivity index (χ2v) is 5.66. The van der Waals surface area contributed by atoms with Crippen molar-refractivity contribution in [3.8, 4) is 0 Å². The maximum atomic E-state index is 11.7. The van der Waals surface area contributed by atoms with Crippen molar-refractivity contribution in [2.24, 2.45) is 0 Å². The lowest BCUT2D eigenvalue weighted by Crippen LogP contribution is -2.43. The first kappa shape index (κ1) is 17.4. The maximum Gasteiger partial charge on any atom is 0.328 e. The molecular weight excluding hydrogens is 290 g/mol. The van der Waals surface area contributed by atoms with Crippen LogP contribution in [0.2, 0.25) is 0 Å². The Bertz CT molecular complexity index is 563. The van der Waals surface area contributed by atoms with E-state index in [-0.39, 0.29) is 5.69 Å². The summed E-state index contributed by atoms with van der Waals surface area (Å²) in [6, 6.07) is 3.91. The highest BCUT2D eigenvalue weighted by molar-refractivity contribution is 5.92. The zero-order valence-electron chi connectivity index (χ0n) is 12.9. The first-order valence-electron chi connectivity index (χ1n) is 6.63. The van der Waals surface area contributed by atoms with Gasteiger partial charge in [-0.15, -0.1) is 0 Å². The van der Waals surface area contributed by atoms with Gasteiger partial charge in [-0.2, -0.15) is 0 Å². The molecule has 1 rings (SSSR count). The molecule has 0 heterocycles. The van der Waals surface area contributed by atoms with Crippen LogP contribution in [-0.4, -0.2) is 28.6 Å². The average Bonchev–Trinajstić information content (AvgIpc) is 2.37. The third-order valence-corrected chi connectivity index (χ3v) is 2.44. The molecule has 0 saturated heterocycles. The highest BCUT2D eigenvalue weighted by atomic mass is 16.6. The zero-order valence-corrected chi connectivity index (χ0v) is 12.9. The Balaban J connectivity index is 2.55. The first-order chi connectivity index (χ1) is 10.1. The van der Waals surface area contributed by atoms with Crippen molar-refractivity contribution >= 4 is 23.4 Å². The Morgan fingerprint density at radius 2 is 1.77 bits per heavy atom. The van der Waals surface area contributed by atoms with E-state index in [0.29, 0.717) is 5.69 Å². The Kier molecular flexibility index (Phi) is 5.44. The largest absolute Gasteiger partial charge is 0.458 e. The van der Waals surface area contributed by atoms with Crippen LogP contribution in [0, 0.1) is 10.1 Å². The molecule has 1 aromatic carbocycles. The second-order valence-electron chi connectivity index (χ2n) is 5.66. The van der Waals surface area contributed by atoms with Crippen molar-refractivity contribution in [2.45, 2.75) is 39.3 Å². The van der Waals surface area contributed by atoms with Crippen molar-refractivity contribution in [1.82, 2.24) is 5.32 Å². The van der Waals surface area contributed by atoms with Crippen molar-refractivity contribution < 1.29 is 19.2 Å². The van der Waals surface area contributed by atoms with Gasteiger partial charge >= 0.3 is 12.0 Å². The number of nitrogens with one attached hydrogen (secondary N) is 2. The molecule has 2 N–H and O–H groups in total. The van der Waals surface area contributed by atoms with Crippen LogP contribution in [0.5, 0.6) is 0 Å². The fraction of sp³-hybridized carbons (Fsp3) is 0.429. The maximum absolute atomic E-state index is 11.7. The van der Waals surface area contributed by atoms with Crippen molar-refractivity contribution in [3.63, 3.8) is 0 Å². The number of anilines is 1. The molecule has 8 nitrogen and oxygen atoms in total. The van der Waals surface area contributed by atoms with Crippen LogP contribution in [-0.2, 0) is 9.53 Å². The van der Waals surface area contributed by atoms with Gasteiger partial charge in [0.1, 0.15) is 11.6 Å². The summed E-state index contributed by atoms with van der Waals surface area (Å²) < 4.78 is 5.14. The summed E-state index contributed by atoms with van der Waals surface area (Å²) in [5.41, 5.74) is -0.338. The van der Waals surface area contributed by atoms with Crippen molar-refractivity contribution in [3.05, 3.63) is 34.4 Å². The van der Waals surface area contributed by atoms with Crippen LogP contribution >= 0.6 is 0 Å². The van der Waals surface area contributed by atoms with Crippen molar-refractivity contribution in [1.29, 1.82) is 0 Å². The molecule has 0 spiro atoms. The van der Waals surface area contributed by atoms with Gasteiger partial charge in [-0.25, -0.2) is 9.59 Å². The lowest BCUT2D eigenvalue weighted by molar-refractivity contribution is -0.384. The third-order valence-electron chi connectivity index (χ3n) is 2.44. The summed E-state index contributed by atoms with van der Waals surface area (Å²) in [6.07, 6.45) is 0. The Labute approximate surface area is 128 Å². The number of rotatable bonds is 4. The van der Waals surface area contributed by atoms with E-state index in [0.717, 1.165) is 0 Å². The molecule has 0 bridgehead atoms. The van der Waals surface area contributed by atoms with E-state index in [2.05, 4.69) is 10.6 Å². The molecular formula is C14H19N3O5. The summed E-state index contributed by atoms with van der Waals surface area (Å²) in [5, 5.41) is 15.4. The number of hydrogen-bond acceptors (Lipinski definition) is 5. The number of nitrogens with zero attached hydrogens (tertiary/aromatic N) is 1. The van der Waals surface area contributed by atoms with Gasteiger partial charge in [0.2, 0.25) is 0 Å². The molecule has 0 saturated carbocycles. The van der Waals surface area contributed by atoms with Crippen LogP contribution in [0.3, 0.4) is 0 Å². The van der Waals surface area contributed by atoms with Gasteiger partial charge in [0, 0.05) is 17.8 Å². The van der Waals surface area contributed by atoms with E-state index in [4.69, 9.17) is 4.74 Å². The van der Waals surface area contributed by atoms with E-state index >= 15 is 0 Å². The molecule has 120 valence electrons. The molecule has 0 aliphatic rings. The van der Waals surface area contributed by atoms with Crippen LogP contribution in [0.25, 0.3) is 0 Å². The SMILES string of the molecule is C[C@H](NC(=O)Nc1ccc([N+](=O)[O-])cc1)C(=O)OC(C)(C)C. The van der Waals surface area contributed by atoms with Crippen LogP contribution in [0.4, 0.5) is 16.2 Å². The van der Waals surface area contributed by atoms with Gasteiger partial charge in [-0.1, -0.05) is 0 Å². The van der Waals surface area contributed by atoms with Crippen molar-refractivity contribution in [2.75, 3.05) is 5.32 Å². The fourth-order valence-electron chi connectivity index (χ4n) is 1.48. The van der Waals surface area contributed by atoms with Crippen LogP contribution < -0.4 is 10.6 Å². The number of hydrogen-bond donors (Lipinski definition) is 2. The number of non-ortho nitro benzene ring substituents is 1. The van der Waals surface area contributed by atoms with E-state index in [1.165, 1.54) is 31.2 Å². The van der Waals surface area contributed by atoms with Gasteiger partial charge in [0.15, 0.2) is 0 Å². The number of nitro benzene ring substituents is 1. The lowest BCUT2D eigenvalue weighted by atomic mass is 10.2. The van der Waals surface area contributed by atoms with E-state index in [1.54, 1.807) is 20.8 Å². The number of esters is 1. The minimum atomic E-state index is -0.822. The Hall–Kier alpha value is -2.64. The smallest absolute Gasteiger partial charge is 0.328 e. The second kappa shape index (κ2) is 6.88. The number of ether oxygens (including phenoxy) is 1. The average molecular weight is 309 g/mol. The number of amides is 2. The standard InChI is InChI=1S/C14H19N3O5/c1-9(12(18)22-14(2,3)4)15-13(19)16-10-5-7-11(8-6-10)17(20)21/h5-9H,1-4H3,(H2,15,16,19)/t9-/m0/s1. The normalized spacial score (nSPS) is 12.2. The zero-order chi connectivity index (χ0) is 16.9. The number of urea groups is 1. The Morgan fingerprint density at radius 1 is 1.23 bits per heavy atom. The highest BCUT2D eigenvalue weighted by Crippen LogP contribution is 2.15. The summed E-state index contributed by atoms with van der Waals surface area (Å²) in [7, 11) is 0. The van der Waals surface area contributed by atoms with Gasteiger partial charge < -0.3 is 15.4 Å². The van der Waals surface area contributed by atoms with Crippen LogP contribution in [0.15, 0.2) is 24.3 Å².